The Morgan fingerprint density at radius 2 is 0.639 bits per heavy atom. The van der Waals surface area contributed by atoms with E-state index in [9.17, 15) is 20.4 Å². The Morgan fingerprint density at radius 1 is 0.417 bits per heavy atom. The minimum absolute atomic E-state index is 0.180. The highest BCUT2D eigenvalue weighted by Crippen LogP contribution is 2.45. The number of benzene rings is 4. The molecule has 36 heavy (non-hydrogen) atoms. The molecule has 0 radical (unpaired) electrons. The van der Waals surface area contributed by atoms with Gasteiger partial charge in [0.2, 0.25) is 0 Å². The highest BCUT2D eigenvalue weighted by Gasteiger charge is 2.26. The van der Waals surface area contributed by atoms with Crippen LogP contribution >= 0.6 is 0 Å². The van der Waals surface area contributed by atoms with Crippen LogP contribution in [0.2, 0.25) is 0 Å². The van der Waals surface area contributed by atoms with Crippen LogP contribution in [0.3, 0.4) is 0 Å². The predicted octanol–water partition coefficient (Wildman–Crippen LogP) is 7.49. The Labute approximate surface area is 213 Å². The summed E-state index contributed by atoms with van der Waals surface area (Å²) in [5.41, 5.74) is 7.06. The van der Waals surface area contributed by atoms with Gasteiger partial charge in [-0.1, -0.05) is 70.8 Å². The Hall–Kier alpha value is -3.92. The molecule has 0 aliphatic carbocycles. The first-order valence-electron chi connectivity index (χ1n) is 12.3. The molecule has 186 valence electrons. The second kappa shape index (κ2) is 10.4. The van der Waals surface area contributed by atoms with Crippen molar-refractivity contribution in [3.05, 3.63) is 117 Å². The second-order valence-corrected chi connectivity index (χ2v) is 9.93. The number of phenols is 4. The van der Waals surface area contributed by atoms with E-state index in [0.29, 0.717) is 12.8 Å². The van der Waals surface area contributed by atoms with Crippen molar-refractivity contribution >= 4 is 0 Å². The van der Waals surface area contributed by atoms with Gasteiger partial charge in [0.05, 0.1) is 0 Å². The zero-order chi connectivity index (χ0) is 26.0. The summed E-state index contributed by atoms with van der Waals surface area (Å²) in [7, 11) is 0. The maximum absolute atomic E-state index is 10.8. The second-order valence-electron chi connectivity index (χ2n) is 9.93. The smallest absolute Gasteiger partial charge is 0.119 e. The summed E-state index contributed by atoms with van der Waals surface area (Å²) >= 11 is 0. The standard InChI is InChI=1S/C32H34O4/c1-19-5-11-29(33)25(15-19)23(26-16-20(2)6-12-30(26)34)9-10-24(27-17-21(3)7-13-31(27)35)28-18-22(4)8-14-32(28)36/h5-8,11-18,23-24,33-36H,9-10H2,1-4H3. The van der Waals surface area contributed by atoms with Crippen molar-refractivity contribution in [3.63, 3.8) is 0 Å². The van der Waals surface area contributed by atoms with Gasteiger partial charge in [0.25, 0.3) is 0 Å². The predicted molar refractivity (Wildman–Crippen MR) is 144 cm³/mol. The van der Waals surface area contributed by atoms with Crippen LogP contribution in [0.5, 0.6) is 23.0 Å². The van der Waals surface area contributed by atoms with Gasteiger partial charge in [-0.15, -0.1) is 0 Å². The van der Waals surface area contributed by atoms with Crippen molar-refractivity contribution in [1.29, 1.82) is 0 Å². The Morgan fingerprint density at radius 3 is 0.861 bits per heavy atom. The number of hydrogen-bond donors (Lipinski definition) is 4. The van der Waals surface area contributed by atoms with Crippen LogP contribution < -0.4 is 0 Å². The molecular formula is C32H34O4. The van der Waals surface area contributed by atoms with Crippen LogP contribution in [0.1, 0.15) is 69.2 Å². The monoisotopic (exact) mass is 482 g/mol. The first-order chi connectivity index (χ1) is 17.1. The molecule has 0 bridgehead atoms. The quantitative estimate of drug-likeness (QED) is 0.220. The van der Waals surface area contributed by atoms with E-state index in [2.05, 4.69) is 0 Å². The number of rotatable bonds is 7. The molecule has 0 saturated heterocycles. The maximum Gasteiger partial charge on any atom is 0.119 e. The van der Waals surface area contributed by atoms with E-state index in [1.165, 1.54) is 0 Å². The molecule has 4 heteroatoms. The number of aryl methyl sites for hydroxylation is 4. The van der Waals surface area contributed by atoms with Gasteiger partial charge >= 0.3 is 0 Å². The molecule has 0 saturated carbocycles. The fourth-order valence-corrected chi connectivity index (χ4v) is 5.10. The molecule has 0 aliphatic heterocycles. The lowest BCUT2D eigenvalue weighted by Crippen LogP contribution is -2.09. The molecule has 0 unspecified atom stereocenters. The Balaban J connectivity index is 1.83. The van der Waals surface area contributed by atoms with Crippen LogP contribution in [-0.4, -0.2) is 20.4 Å². The summed E-state index contributed by atoms with van der Waals surface area (Å²) in [4.78, 5) is 0. The van der Waals surface area contributed by atoms with E-state index < -0.39 is 0 Å². The van der Waals surface area contributed by atoms with Gasteiger partial charge in [0.15, 0.2) is 0 Å². The largest absolute Gasteiger partial charge is 0.508 e. The Kier molecular flexibility index (Phi) is 7.25. The van der Waals surface area contributed by atoms with Gasteiger partial charge in [-0.2, -0.15) is 0 Å². The first kappa shape index (κ1) is 25.2. The third-order valence-corrected chi connectivity index (χ3v) is 6.98. The molecule has 4 nitrogen and oxygen atoms in total. The molecule has 0 aliphatic rings. The molecule has 0 fully saturated rings. The van der Waals surface area contributed by atoms with Crippen molar-refractivity contribution in [3.8, 4) is 23.0 Å². The van der Waals surface area contributed by atoms with Gasteiger partial charge in [0.1, 0.15) is 23.0 Å². The highest BCUT2D eigenvalue weighted by molar-refractivity contribution is 5.51. The third-order valence-electron chi connectivity index (χ3n) is 6.98. The summed E-state index contributed by atoms with van der Waals surface area (Å²) < 4.78 is 0. The SMILES string of the molecule is Cc1ccc(O)c(C(CCC(c2cc(C)ccc2O)c2cc(C)ccc2O)c2cc(C)ccc2O)c1. The average molecular weight is 483 g/mol. The lowest BCUT2D eigenvalue weighted by atomic mass is 9.79. The van der Waals surface area contributed by atoms with E-state index in [1.807, 2.05) is 76.2 Å². The molecule has 0 spiro atoms. The number of hydrogen-bond acceptors (Lipinski definition) is 4. The maximum atomic E-state index is 10.8. The van der Waals surface area contributed by atoms with E-state index >= 15 is 0 Å². The Bertz CT molecular complexity index is 1180. The summed E-state index contributed by atoms with van der Waals surface area (Å²) in [6.45, 7) is 7.92. The average Bonchev–Trinajstić information content (AvgIpc) is 2.84. The van der Waals surface area contributed by atoms with Gasteiger partial charge in [0, 0.05) is 34.1 Å². The van der Waals surface area contributed by atoms with Crippen molar-refractivity contribution < 1.29 is 20.4 Å². The first-order valence-corrected chi connectivity index (χ1v) is 12.3. The zero-order valence-electron chi connectivity index (χ0n) is 21.3. The molecule has 0 amide bonds. The molecule has 0 aromatic heterocycles. The van der Waals surface area contributed by atoms with Gasteiger partial charge in [-0.25, -0.2) is 0 Å². The minimum atomic E-state index is -0.286. The van der Waals surface area contributed by atoms with Crippen molar-refractivity contribution in [2.24, 2.45) is 0 Å². The summed E-state index contributed by atoms with van der Waals surface area (Å²) in [6, 6.07) is 22.1. The fourth-order valence-electron chi connectivity index (χ4n) is 5.10. The number of phenolic OH excluding ortho intramolecular Hbond substituents is 4. The van der Waals surface area contributed by atoms with E-state index in [1.54, 1.807) is 24.3 Å². The molecule has 0 atom stereocenters. The molecule has 0 heterocycles. The number of aromatic hydroxyl groups is 4. The minimum Gasteiger partial charge on any atom is -0.508 e. The lowest BCUT2D eigenvalue weighted by molar-refractivity contribution is 0.437. The van der Waals surface area contributed by atoms with Crippen molar-refractivity contribution in [1.82, 2.24) is 0 Å². The molecule has 4 N–H and O–H groups in total. The highest BCUT2D eigenvalue weighted by atomic mass is 16.3. The van der Waals surface area contributed by atoms with Gasteiger partial charge < -0.3 is 20.4 Å². The lowest BCUT2D eigenvalue weighted by Gasteiger charge is -2.26. The van der Waals surface area contributed by atoms with Gasteiger partial charge in [-0.3, -0.25) is 0 Å². The topological polar surface area (TPSA) is 80.9 Å². The summed E-state index contributed by atoms with van der Waals surface area (Å²) in [5.74, 6) is 0.150. The van der Waals surface area contributed by atoms with Crippen LogP contribution in [0.15, 0.2) is 72.8 Å². The van der Waals surface area contributed by atoms with Crippen molar-refractivity contribution in [2.45, 2.75) is 52.4 Å². The van der Waals surface area contributed by atoms with E-state index in [0.717, 1.165) is 44.5 Å². The van der Waals surface area contributed by atoms with Gasteiger partial charge in [-0.05, 0) is 64.8 Å². The fraction of sp³-hybridized carbons (Fsp3) is 0.250. The van der Waals surface area contributed by atoms with Crippen LogP contribution in [-0.2, 0) is 0 Å². The molecule has 4 aromatic rings. The third kappa shape index (κ3) is 5.33. The van der Waals surface area contributed by atoms with Crippen LogP contribution in [0.4, 0.5) is 0 Å². The molecule has 4 rings (SSSR count). The van der Waals surface area contributed by atoms with Crippen LogP contribution in [0, 0.1) is 27.7 Å². The van der Waals surface area contributed by atoms with Crippen LogP contribution in [0.25, 0.3) is 0 Å². The zero-order valence-corrected chi connectivity index (χ0v) is 21.3. The van der Waals surface area contributed by atoms with Crippen molar-refractivity contribution in [2.75, 3.05) is 0 Å². The van der Waals surface area contributed by atoms with E-state index in [-0.39, 0.29) is 34.8 Å². The van der Waals surface area contributed by atoms with E-state index in [4.69, 9.17) is 0 Å². The molecular weight excluding hydrogens is 448 g/mol. The summed E-state index contributed by atoms with van der Waals surface area (Å²) in [6.07, 6.45) is 1.14. The molecule has 4 aromatic carbocycles. The normalized spacial score (nSPS) is 11.4. The summed E-state index contributed by atoms with van der Waals surface area (Å²) in [5, 5.41) is 43.3.